The molecule has 0 radical (unpaired) electrons. The van der Waals surface area contributed by atoms with Crippen molar-refractivity contribution >= 4 is 16.9 Å². The zero-order valence-electron chi connectivity index (χ0n) is 13.2. The molecule has 0 saturated heterocycles. The summed E-state index contributed by atoms with van der Waals surface area (Å²) in [5.41, 5.74) is 2.86. The highest BCUT2D eigenvalue weighted by atomic mass is 15.3. The van der Waals surface area contributed by atoms with Crippen molar-refractivity contribution in [1.82, 2.24) is 24.7 Å². The van der Waals surface area contributed by atoms with Crippen molar-refractivity contribution in [3.05, 3.63) is 72.4 Å². The fraction of sp³-hybridized carbons (Fsp3) is 0.111. The van der Waals surface area contributed by atoms with Gasteiger partial charge in [-0.3, -0.25) is 4.98 Å². The van der Waals surface area contributed by atoms with Crippen LogP contribution < -0.4 is 5.32 Å². The van der Waals surface area contributed by atoms with Gasteiger partial charge in [-0.2, -0.15) is 5.10 Å². The first-order valence-corrected chi connectivity index (χ1v) is 7.72. The number of anilines is 1. The van der Waals surface area contributed by atoms with Crippen LogP contribution in [0.2, 0.25) is 0 Å². The van der Waals surface area contributed by atoms with Crippen LogP contribution >= 0.6 is 0 Å². The van der Waals surface area contributed by atoms with Crippen molar-refractivity contribution in [2.24, 2.45) is 0 Å². The molecule has 1 aromatic carbocycles. The zero-order chi connectivity index (χ0) is 16.4. The summed E-state index contributed by atoms with van der Waals surface area (Å²) in [4.78, 5) is 13.2. The number of aryl methyl sites for hydroxylation is 1. The third-order valence-electron chi connectivity index (χ3n) is 3.72. The molecular weight excluding hydrogens is 300 g/mol. The summed E-state index contributed by atoms with van der Waals surface area (Å²) in [5.74, 6) is 1.48. The maximum absolute atomic E-state index is 4.56. The predicted octanol–water partition coefficient (Wildman–Crippen LogP) is 3.13. The third kappa shape index (κ3) is 2.69. The molecule has 4 aromatic rings. The van der Waals surface area contributed by atoms with Gasteiger partial charge in [0.25, 0.3) is 0 Å². The van der Waals surface area contributed by atoms with Gasteiger partial charge < -0.3 is 5.32 Å². The van der Waals surface area contributed by atoms with Crippen LogP contribution in [0.1, 0.15) is 11.4 Å². The summed E-state index contributed by atoms with van der Waals surface area (Å²) in [5, 5.41) is 8.75. The number of para-hydroxylation sites is 1. The van der Waals surface area contributed by atoms with Gasteiger partial charge in [0.1, 0.15) is 11.6 Å². The Bertz CT molecular complexity index is 963. The van der Waals surface area contributed by atoms with E-state index in [-0.39, 0.29) is 0 Å². The smallest absolute Gasteiger partial charge is 0.168 e. The van der Waals surface area contributed by atoms with E-state index < -0.39 is 0 Å². The van der Waals surface area contributed by atoms with E-state index in [9.17, 15) is 0 Å². The normalized spacial score (nSPS) is 10.9. The molecule has 0 bridgehead atoms. The van der Waals surface area contributed by atoms with E-state index in [0.29, 0.717) is 12.4 Å². The Labute approximate surface area is 139 Å². The van der Waals surface area contributed by atoms with Gasteiger partial charge in [0.2, 0.25) is 0 Å². The quantitative estimate of drug-likeness (QED) is 0.626. The number of nitrogens with zero attached hydrogens (tertiary/aromatic N) is 5. The summed E-state index contributed by atoms with van der Waals surface area (Å²) in [6.07, 6.45) is 5.40. The first-order valence-electron chi connectivity index (χ1n) is 7.72. The lowest BCUT2D eigenvalue weighted by Gasteiger charge is -2.08. The van der Waals surface area contributed by atoms with Crippen LogP contribution in [-0.2, 0) is 6.54 Å². The highest BCUT2D eigenvalue weighted by Crippen LogP contribution is 2.23. The van der Waals surface area contributed by atoms with Crippen LogP contribution in [0.5, 0.6) is 0 Å². The molecule has 4 rings (SSSR count). The molecule has 0 aliphatic heterocycles. The fourth-order valence-corrected chi connectivity index (χ4v) is 2.60. The topological polar surface area (TPSA) is 68.5 Å². The largest absolute Gasteiger partial charge is 0.365 e. The molecule has 0 fully saturated rings. The van der Waals surface area contributed by atoms with Gasteiger partial charge in [-0.1, -0.05) is 24.3 Å². The van der Waals surface area contributed by atoms with E-state index in [0.717, 1.165) is 28.1 Å². The monoisotopic (exact) mass is 316 g/mol. The first kappa shape index (κ1) is 14.3. The van der Waals surface area contributed by atoms with E-state index in [2.05, 4.69) is 25.4 Å². The van der Waals surface area contributed by atoms with Gasteiger partial charge in [0, 0.05) is 18.9 Å². The zero-order valence-corrected chi connectivity index (χ0v) is 13.2. The summed E-state index contributed by atoms with van der Waals surface area (Å²) in [6, 6.07) is 13.9. The molecule has 6 nitrogen and oxygen atoms in total. The van der Waals surface area contributed by atoms with E-state index in [1.807, 2.05) is 60.3 Å². The van der Waals surface area contributed by atoms with Gasteiger partial charge in [-0.15, -0.1) is 0 Å². The van der Waals surface area contributed by atoms with E-state index >= 15 is 0 Å². The SMILES string of the molecule is Cc1nc(NCc2cccnc2)c2cnn(-c3ccccc3)c2n1. The molecule has 0 aliphatic rings. The Morgan fingerprint density at radius 3 is 2.67 bits per heavy atom. The average molecular weight is 316 g/mol. The number of hydrogen-bond donors (Lipinski definition) is 1. The van der Waals surface area contributed by atoms with E-state index in [1.54, 1.807) is 12.4 Å². The number of pyridine rings is 1. The molecule has 0 spiro atoms. The standard InChI is InChI=1S/C18H16N6/c1-13-22-17(20-11-14-6-5-9-19-10-14)16-12-21-24(18(16)23-13)15-7-3-2-4-8-15/h2-10,12H,11H2,1H3,(H,20,22,23). The van der Waals surface area contributed by atoms with E-state index in [4.69, 9.17) is 0 Å². The lowest BCUT2D eigenvalue weighted by atomic mass is 10.3. The molecule has 24 heavy (non-hydrogen) atoms. The second-order valence-corrected chi connectivity index (χ2v) is 5.46. The summed E-state index contributed by atoms with van der Waals surface area (Å²) >= 11 is 0. The second kappa shape index (κ2) is 6.08. The van der Waals surface area contributed by atoms with Gasteiger partial charge in [-0.25, -0.2) is 14.6 Å². The molecule has 0 saturated carbocycles. The molecular formula is C18H16N6. The van der Waals surface area contributed by atoms with Crippen LogP contribution in [0.4, 0.5) is 5.82 Å². The summed E-state index contributed by atoms with van der Waals surface area (Å²) in [7, 11) is 0. The number of hydrogen-bond acceptors (Lipinski definition) is 5. The van der Waals surface area contributed by atoms with Crippen molar-refractivity contribution < 1.29 is 0 Å². The second-order valence-electron chi connectivity index (χ2n) is 5.46. The number of benzene rings is 1. The number of rotatable bonds is 4. The predicted molar refractivity (Wildman–Crippen MR) is 93.0 cm³/mol. The van der Waals surface area contributed by atoms with Crippen molar-refractivity contribution in [3.8, 4) is 5.69 Å². The van der Waals surface area contributed by atoms with Crippen molar-refractivity contribution in [2.45, 2.75) is 13.5 Å². The van der Waals surface area contributed by atoms with Crippen molar-refractivity contribution in [3.63, 3.8) is 0 Å². The Hall–Kier alpha value is -3.28. The summed E-state index contributed by atoms with van der Waals surface area (Å²) < 4.78 is 1.83. The van der Waals surface area contributed by atoms with Crippen LogP contribution in [-0.4, -0.2) is 24.7 Å². The molecule has 0 aliphatic carbocycles. The van der Waals surface area contributed by atoms with Gasteiger partial charge in [0.05, 0.1) is 17.3 Å². The van der Waals surface area contributed by atoms with Gasteiger partial charge in [-0.05, 0) is 30.7 Å². The van der Waals surface area contributed by atoms with Crippen molar-refractivity contribution in [1.29, 1.82) is 0 Å². The fourth-order valence-electron chi connectivity index (χ4n) is 2.60. The molecule has 1 N–H and O–H groups in total. The molecule has 0 atom stereocenters. The Kier molecular flexibility index (Phi) is 3.63. The van der Waals surface area contributed by atoms with Crippen LogP contribution in [0.15, 0.2) is 61.1 Å². The number of nitrogens with one attached hydrogen (secondary N) is 1. The van der Waals surface area contributed by atoms with Gasteiger partial charge in [0.15, 0.2) is 5.65 Å². The molecule has 0 amide bonds. The molecule has 6 heteroatoms. The minimum Gasteiger partial charge on any atom is -0.365 e. The molecule has 0 unspecified atom stereocenters. The molecule has 3 heterocycles. The third-order valence-corrected chi connectivity index (χ3v) is 3.72. The number of fused-ring (bicyclic) bond motifs is 1. The lowest BCUT2D eigenvalue weighted by Crippen LogP contribution is -2.05. The Balaban J connectivity index is 1.73. The molecule has 118 valence electrons. The highest BCUT2D eigenvalue weighted by molar-refractivity contribution is 5.87. The van der Waals surface area contributed by atoms with Crippen LogP contribution in [0.3, 0.4) is 0 Å². The van der Waals surface area contributed by atoms with Gasteiger partial charge >= 0.3 is 0 Å². The lowest BCUT2D eigenvalue weighted by molar-refractivity contribution is 0.889. The first-order chi connectivity index (χ1) is 11.8. The Morgan fingerprint density at radius 2 is 1.88 bits per heavy atom. The molecule has 3 aromatic heterocycles. The average Bonchev–Trinajstić information content (AvgIpc) is 3.05. The highest BCUT2D eigenvalue weighted by Gasteiger charge is 2.12. The van der Waals surface area contributed by atoms with E-state index in [1.165, 1.54) is 0 Å². The maximum atomic E-state index is 4.56. The minimum atomic E-state index is 0.649. The Morgan fingerprint density at radius 1 is 1.00 bits per heavy atom. The maximum Gasteiger partial charge on any atom is 0.168 e. The number of aromatic nitrogens is 5. The van der Waals surface area contributed by atoms with Crippen LogP contribution in [0.25, 0.3) is 16.7 Å². The van der Waals surface area contributed by atoms with Crippen LogP contribution in [0, 0.1) is 6.92 Å². The van der Waals surface area contributed by atoms with Crippen molar-refractivity contribution in [2.75, 3.05) is 5.32 Å². The summed E-state index contributed by atoms with van der Waals surface area (Å²) in [6.45, 7) is 2.53. The minimum absolute atomic E-state index is 0.649.